The van der Waals surface area contributed by atoms with Crippen LogP contribution in [0.25, 0.3) is 0 Å². The van der Waals surface area contributed by atoms with Crippen LogP contribution in [-0.4, -0.2) is 21.8 Å². The monoisotopic (exact) mass is 279 g/mol. The van der Waals surface area contributed by atoms with E-state index in [9.17, 15) is 4.21 Å². The highest BCUT2D eigenvalue weighted by Gasteiger charge is 2.24. The van der Waals surface area contributed by atoms with Crippen molar-refractivity contribution in [2.24, 2.45) is 0 Å². The average Bonchev–Trinajstić information content (AvgIpc) is 2.93. The van der Waals surface area contributed by atoms with E-state index < -0.39 is 10.8 Å². The first-order valence-corrected chi connectivity index (χ1v) is 8.76. The van der Waals surface area contributed by atoms with Crippen LogP contribution in [0, 0.1) is 6.92 Å². The van der Waals surface area contributed by atoms with E-state index in [0.29, 0.717) is 5.25 Å². The van der Waals surface area contributed by atoms with Gasteiger partial charge in [0.05, 0.1) is 0 Å². The maximum absolute atomic E-state index is 12.5. The van der Waals surface area contributed by atoms with E-state index in [1.165, 1.54) is 24.0 Å². The minimum Gasteiger partial charge on any atom is -0.309 e. The molecule has 19 heavy (non-hydrogen) atoms. The van der Waals surface area contributed by atoms with Crippen molar-refractivity contribution in [1.29, 1.82) is 0 Å². The Bertz CT molecular complexity index is 427. The predicted molar refractivity (Wildman–Crippen MR) is 82.9 cm³/mol. The first kappa shape index (κ1) is 14.7. The van der Waals surface area contributed by atoms with Gasteiger partial charge in [0.1, 0.15) is 0 Å². The summed E-state index contributed by atoms with van der Waals surface area (Å²) in [4.78, 5) is 0. The van der Waals surface area contributed by atoms with Crippen molar-refractivity contribution in [2.45, 2.75) is 50.8 Å². The maximum Gasteiger partial charge on any atom is 0.0439 e. The molecule has 0 saturated heterocycles. The SMILES string of the molecule is CCNC(CS(=O)C1CCCC1)c1ccccc1C. The first-order valence-electron chi connectivity index (χ1n) is 7.38. The van der Waals surface area contributed by atoms with E-state index in [1.807, 2.05) is 0 Å². The molecule has 3 heteroatoms. The van der Waals surface area contributed by atoms with Crippen molar-refractivity contribution in [3.8, 4) is 0 Å². The molecule has 1 aromatic carbocycles. The molecule has 1 saturated carbocycles. The summed E-state index contributed by atoms with van der Waals surface area (Å²) in [5.41, 5.74) is 2.59. The molecule has 0 spiro atoms. The topological polar surface area (TPSA) is 29.1 Å². The summed E-state index contributed by atoms with van der Waals surface area (Å²) in [6.45, 7) is 5.17. The van der Waals surface area contributed by atoms with E-state index in [1.54, 1.807) is 0 Å². The molecule has 1 aromatic rings. The van der Waals surface area contributed by atoms with Crippen LogP contribution in [0.5, 0.6) is 0 Å². The zero-order valence-electron chi connectivity index (χ0n) is 12.0. The van der Waals surface area contributed by atoms with E-state index >= 15 is 0 Å². The number of hydrogen-bond donors (Lipinski definition) is 1. The molecule has 1 aliphatic rings. The van der Waals surface area contributed by atoms with Crippen LogP contribution < -0.4 is 5.32 Å². The number of benzene rings is 1. The molecule has 0 radical (unpaired) electrons. The molecular weight excluding hydrogens is 254 g/mol. The fourth-order valence-corrected chi connectivity index (χ4v) is 4.69. The standard InChI is InChI=1S/C16H25NOS/c1-3-17-16(15-11-7-4-8-13(15)2)12-19(18)14-9-5-6-10-14/h4,7-8,11,14,16-17H,3,5-6,9-10,12H2,1-2H3. The molecule has 1 aliphatic carbocycles. The predicted octanol–water partition coefficient (Wildman–Crippen LogP) is 3.34. The largest absolute Gasteiger partial charge is 0.309 e. The summed E-state index contributed by atoms with van der Waals surface area (Å²) in [6, 6.07) is 8.67. The Labute approximate surface area is 119 Å². The Kier molecular flexibility index (Phi) is 5.59. The van der Waals surface area contributed by atoms with Crippen molar-refractivity contribution in [2.75, 3.05) is 12.3 Å². The lowest BCUT2D eigenvalue weighted by Crippen LogP contribution is -2.29. The highest BCUT2D eigenvalue weighted by atomic mass is 32.2. The highest BCUT2D eigenvalue weighted by Crippen LogP contribution is 2.26. The quantitative estimate of drug-likeness (QED) is 0.865. The van der Waals surface area contributed by atoms with Gasteiger partial charge in [-0.05, 0) is 37.4 Å². The summed E-state index contributed by atoms with van der Waals surface area (Å²) in [7, 11) is -0.698. The Morgan fingerprint density at radius 2 is 2.00 bits per heavy atom. The van der Waals surface area contributed by atoms with Crippen LogP contribution in [0.2, 0.25) is 0 Å². The number of hydrogen-bond acceptors (Lipinski definition) is 2. The third-order valence-corrected chi connectivity index (χ3v) is 5.90. The van der Waals surface area contributed by atoms with E-state index in [-0.39, 0.29) is 6.04 Å². The van der Waals surface area contributed by atoms with E-state index in [0.717, 1.165) is 25.1 Å². The minimum absolute atomic E-state index is 0.229. The molecule has 2 unspecified atom stereocenters. The lowest BCUT2D eigenvalue weighted by Gasteiger charge is -2.21. The molecule has 0 aromatic heterocycles. The number of nitrogens with one attached hydrogen (secondary N) is 1. The van der Waals surface area contributed by atoms with Crippen LogP contribution in [0.4, 0.5) is 0 Å². The maximum atomic E-state index is 12.5. The zero-order chi connectivity index (χ0) is 13.7. The van der Waals surface area contributed by atoms with Crippen molar-refractivity contribution in [3.63, 3.8) is 0 Å². The van der Waals surface area contributed by atoms with Crippen molar-refractivity contribution < 1.29 is 4.21 Å². The van der Waals surface area contributed by atoms with Gasteiger partial charge in [-0.1, -0.05) is 44.0 Å². The van der Waals surface area contributed by atoms with E-state index in [4.69, 9.17) is 0 Å². The van der Waals surface area contributed by atoms with Gasteiger partial charge >= 0.3 is 0 Å². The molecular formula is C16H25NOS. The van der Waals surface area contributed by atoms with Gasteiger partial charge in [0.25, 0.3) is 0 Å². The Balaban J connectivity index is 2.07. The van der Waals surface area contributed by atoms with Crippen molar-refractivity contribution in [3.05, 3.63) is 35.4 Å². The minimum atomic E-state index is -0.698. The summed E-state index contributed by atoms with van der Waals surface area (Å²) in [5.74, 6) is 0.753. The summed E-state index contributed by atoms with van der Waals surface area (Å²) in [5, 5.41) is 3.94. The molecule has 106 valence electrons. The van der Waals surface area contributed by atoms with Crippen LogP contribution >= 0.6 is 0 Å². The average molecular weight is 279 g/mol. The van der Waals surface area contributed by atoms with Gasteiger partial charge in [-0.25, -0.2) is 0 Å². The number of rotatable bonds is 6. The lowest BCUT2D eigenvalue weighted by atomic mass is 10.0. The van der Waals surface area contributed by atoms with Gasteiger partial charge in [-0.3, -0.25) is 4.21 Å². The van der Waals surface area contributed by atoms with Crippen molar-refractivity contribution >= 4 is 10.8 Å². The third kappa shape index (κ3) is 3.90. The van der Waals surface area contributed by atoms with Gasteiger partial charge in [0, 0.05) is 27.8 Å². The molecule has 0 amide bonds. The van der Waals surface area contributed by atoms with Gasteiger partial charge < -0.3 is 5.32 Å². The summed E-state index contributed by atoms with van der Waals surface area (Å²) < 4.78 is 12.5. The molecule has 2 atom stereocenters. The Morgan fingerprint density at radius 3 is 2.63 bits per heavy atom. The van der Waals surface area contributed by atoms with Gasteiger partial charge in [-0.15, -0.1) is 0 Å². The molecule has 0 aliphatic heterocycles. The van der Waals surface area contributed by atoms with Crippen LogP contribution in [0.1, 0.15) is 49.8 Å². The number of aryl methyl sites for hydroxylation is 1. The summed E-state index contributed by atoms with van der Waals surface area (Å²) >= 11 is 0. The zero-order valence-corrected chi connectivity index (χ0v) is 12.8. The van der Waals surface area contributed by atoms with Crippen LogP contribution in [-0.2, 0) is 10.8 Å². The molecule has 1 N–H and O–H groups in total. The van der Waals surface area contributed by atoms with Crippen molar-refractivity contribution in [1.82, 2.24) is 5.32 Å². The summed E-state index contributed by atoms with van der Waals surface area (Å²) in [6.07, 6.45) is 4.82. The van der Waals surface area contributed by atoms with Gasteiger partial charge in [-0.2, -0.15) is 0 Å². The third-order valence-electron chi connectivity index (χ3n) is 4.02. The fraction of sp³-hybridized carbons (Fsp3) is 0.625. The molecule has 1 fully saturated rings. The highest BCUT2D eigenvalue weighted by molar-refractivity contribution is 7.85. The van der Waals surface area contributed by atoms with Gasteiger partial charge in [0.2, 0.25) is 0 Å². The normalized spacial score (nSPS) is 19.5. The first-order chi connectivity index (χ1) is 9.22. The fourth-order valence-electron chi connectivity index (χ4n) is 2.93. The second-order valence-corrected chi connectivity index (χ2v) is 7.18. The van der Waals surface area contributed by atoms with Crippen LogP contribution in [0.15, 0.2) is 24.3 Å². The van der Waals surface area contributed by atoms with Gasteiger partial charge in [0.15, 0.2) is 0 Å². The second kappa shape index (κ2) is 7.20. The van der Waals surface area contributed by atoms with E-state index in [2.05, 4.69) is 43.4 Å². The second-order valence-electron chi connectivity index (χ2n) is 5.42. The lowest BCUT2D eigenvalue weighted by molar-refractivity contribution is 0.588. The molecule has 2 rings (SSSR count). The smallest absolute Gasteiger partial charge is 0.0439 e. The molecule has 0 bridgehead atoms. The Morgan fingerprint density at radius 1 is 1.32 bits per heavy atom. The van der Waals surface area contributed by atoms with Crippen LogP contribution in [0.3, 0.4) is 0 Å². The molecule has 0 heterocycles. The Hall–Kier alpha value is -0.670. The molecule has 2 nitrogen and oxygen atoms in total.